The molecule has 0 unspecified atom stereocenters. The number of aromatic nitrogens is 2. The van der Waals surface area contributed by atoms with Gasteiger partial charge in [0, 0.05) is 0 Å². The Morgan fingerprint density at radius 2 is 1.95 bits per heavy atom. The van der Waals surface area contributed by atoms with E-state index in [0.717, 1.165) is 21.3 Å². The molecule has 0 saturated heterocycles. The maximum Gasteiger partial charge on any atom is 0.232 e. The van der Waals surface area contributed by atoms with E-state index in [4.69, 9.17) is 15.7 Å². The summed E-state index contributed by atoms with van der Waals surface area (Å²) >= 11 is 1.49. The van der Waals surface area contributed by atoms with Gasteiger partial charge in [-0.25, -0.2) is 4.98 Å². The number of rotatable bonds is 2. The summed E-state index contributed by atoms with van der Waals surface area (Å²) in [4.78, 5) is 9.15. The first-order valence-corrected chi connectivity index (χ1v) is 7.16. The van der Waals surface area contributed by atoms with Crippen molar-refractivity contribution in [2.24, 2.45) is 0 Å². The van der Waals surface area contributed by atoms with E-state index in [0.29, 0.717) is 17.2 Å². The lowest BCUT2D eigenvalue weighted by Crippen LogP contribution is -1.99. The zero-order valence-electron chi connectivity index (χ0n) is 11.5. The fourth-order valence-electron chi connectivity index (χ4n) is 2.19. The van der Waals surface area contributed by atoms with Gasteiger partial charge in [0.25, 0.3) is 0 Å². The van der Waals surface area contributed by atoms with Crippen LogP contribution in [0.5, 0.6) is 11.6 Å². The van der Waals surface area contributed by atoms with Gasteiger partial charge in [0.1, 0.15) is 10.6 Å². The fourth-order valence-corrected chi connectivity index (χ4v) is 2.96. The monoisotopic (exact) mass is 296 g/mol. The van der Waals surface area contributed by atoms with E-state index in [-0.39, 0.29) is 5.95 Å². The number of benzene rings is 1. The Kier molecular flexibility index (Phi) is 3.20. The average Bonchev–Trinajstić information content (AvgIpc) is 2.90. The highest BCUT2D eigenvalue weighted by Crippen LogP contribution is 2.34. The third kappa shape index (κ3) is 2.39. The first-order valence-electron chi connectivity index (χ1n) is 6.28. The molecular formula is C15H12N4OS. The Bertz CT molecular complexity index is 856. The molecule has 0 spiro atoms. The molecule has 0 aliphatic rings. The summed E-state index contributed by atoms with van der Waals surface area (Å²) < 4.78 is 5.96. The summed E-state index contributed by atoms with van der Waals surface area (Å²) in [6.45, 7) is 3.80. The molecule has 2 heterocycles. The normalized spacial score (nSPS) is 10.5. The third-order valence-electron chi connectivity index (χ3n) is 3.10. The topological polar surface area (TPSA) is 84.8 Å². The maximum absolute atomic E-state index is 8.99. The van der Waals surface area contributed by atoms with Crippen LogP contribution in [-0.4, -0.2) is 9.97 Å². The van der Waals surface area contributed by atoms with Crippen molar-refractivity contribution in [1.82, 2.24) is 9.97 Å². The van der Waals surface area contributed by atoms with Crippen LogP contribution in [0, 0.1) is 25.2 Å². The largest absolute Gasteiger partial charge is 0.438 e. The number of thiophene rings is 1. The van der Waals surface area contributed by atoms with Crippen LogP contribution >= 0.6 is 11.3 Å². The number of nitrogens with two attached hydrogens (primary N) is 1. The van der Waals surface area contributed by atoms with Crippen molar-refractivity contribution in [2.45, 2.75) is 13.8 Å². The van der Waals surface area contributed by atoms with E-state index in [2.05, 4.69) is 16.0 Å². The summed E-state index contributed by atoms with van der Waals surface area (Å²) in [5, 5.41) is 11.7. The molecule has 21 heavy (non-hydrogen) atoms. The lowest BCUT2D eigenvalue weighted by atomic mass is 10.1. The predicted octanol–water partition coefficient (Wildman–Crippen LogP) is 3.55. The second-order valence-electron chi connectivity index (χ2n) is 4.68. The van der Waals surface area contributed by atoms with Gasteiger partial charge in [0.2, 0.25) is 11.8 Å². The second-order valence-corrected chi connectivity index (χ2v) is 5.57. The highest BCUT2D eigenvalue weighted by atomic mass is 32.1. The minimum Gasteiger partial charge on any atom is -0.438 e. The molecule has 0 aliphatic carbocycles. The number of anilines is 1. The molecule has 2 aromatic heterocycles. The standard InChI is InChI=1S/C15H12N4OS/c1-8-5-10(7-16)6-9(2)12(8)20-13-11-3-4-21-14(11)19-15(17)18-13/h3-6H,1-2H3,(H2,17,18,19). The Morgan fingerprint density at radius 1 is 1.24 bits per heavy atom. The smallest absolute Gasteiger partial charge is 0.232 e. The van der Waals surface area contributed by atoms with E-state index in [9.17, 15) is 0 Å². The molecule has 104 valence electrons. The lowest BCUT2D eigenvalue weighted by molar-refractivity contribution is 0.462. The molecule has 0 amide bonds. The first-order chi connectivity index (χ1) is 10.1. The Morgan fingerprint density at radius 3 is 2.62 bits per heavy atom. The van der Waals surface area contributed by atoms with Crippen molar-refractivity contribution in [3.63, 3.8) is 0 Å². The minimum atomic E-state index is 0.184. The van der Waals surface area contributed by atoms with Crippen molar-refractivity contribution in [2.75, 3.05) is 5.73 Å². The van der Waals surface area contributed by atoms with Crippen LogP contribution in [0.25, 0.3) is 10.2 Å². The van der Waals surface area contributed by atoms with Gasteiger partial charge in [-0.15, -0.1) is 11.3 Å². The number of ether oxygens (including phenoxy) is 1. The van der Waals surface area contributed by atoms with Crippen LogP contribution < -0.4 is 10.5 Å². The molecule has 0 atom stereocenters. The highest BCUT2D eigenvalue weighted by molar-refractivity contribution is 7.16. The van der Waals surface area contributed by atoms with Crippen LogP contribution in [-0.2, 0) is 0 Å². The van der Waals surface area contributed by atoms with Crippen molar-refractivity contribution in [1.29, 1.82) is 5.26 Å². The number of fused-ring (bicyclic) bond motifs is 1. The van der Waals surface area contributed by atoms with Crippen molar-refractivity contribution >= 4 is 27.5 Å². The molecule has 1 aromatic carbocycles. The zero-order chi connectivity index (χ0) is 15.0. The molecule has 2 N–H and O–H groups in total. The third-order valence-corrected chi connectivity index (χ3v) is 3.90. The van der Waals surface area contributed by atoms with Gasteiger partial charge in [-0.2, -0.15) is 10.2 Å². The number of hydrogen-bond donors (Lipinski definition) is 1. The molecule has 0 saturated carbocycles. The first kappa shape index (κ1) is 13.3. The molecule has 0 bridgehead atoms. The lowest BCUT2D eigenvalue weighted by Gasteiger charge is -2.12. The van der Waals surface area contributed by atoms with Crippen molar-refractivity contribution in [3.8, 4) is 17.7 Å². The van der Waals surface area contributed by atoms with Gasteiger partial charge in [0.05, 0.1) is 17.0 Å². The summed E-state index contributed by atoms with van der Waals surface area (Å²) in [7, 11) is 0. The van der Waals surface area contributed by atoms with Crippen molar-refractivity contribution in [3.05, 3.63) is 40.3 Å². The molecule has 0 fully saturated rings. The van der Waals surface area contributed by atoms with E-state index in [1.807, 2.05) is 25.3 Å². The quantitative estimate of drug-likeness (QED) is 0.781. The molecule has 0 aliphatic heterocycles. The second kappa shape index (κ2) is 5.04. The van der Waals surface area contributed by atoms with Crippen LogP contribution in [0.3, 0.4) is 0 Å². The van der Waals surface area contributed by atoms with Crippen LogP contribution in [0.4, 0.5) is 5.95 Å². The maximum atomic E-state index is 8.99. The molecule has 3 aromatic rings. The summed E-state index contributed by atoms with van der Waals surface area (Å²) in [5.74, 6) is 1.32. The molecule has 3 rings (SSSR count). The fraction of sp³-hybridized carbons (Fsp3) is 0.133. The SMILES string of the molecule is Cc1cc(C#N)cc(C)c1Oc1nc(N)nc2sccc12. The molecule has 5 nitrogen and oxygen atoms in total. The Hall–Kier alpha value is -2.65. The van der Waals surface area contributed by atoms with Crippen LogP contribution in [0.15, 0.2) is 23.6 Å². The van der Waals surface area contributed by atoms with E-state index in [1.54, 1.807) is 12.1 Å². The predicted molar refractivity (Wildman–Crippen MR) is 82.5 cm³/mol. The van der Waals surface area contributed by atoms with Gasteiger partial charge >= 0.3 is 0 Å². The molecule has 0 radical (unpaired) electrons. The van der Waals surface area contributed by atoms with Crippen LogP contribution in [0.2, 0.25) is 0 Å². The average molecular weight is 296 g/mol. The highest BCUT2D eigenvalue weighted by Gasteiger charge is 2.13. The summed E-state index contributed by atoms with van der Waals surface area (Å²) in [6.07, 6.45) is 0. The molecule has 6 heteroatoms. The number of nitriles is 1. The van der Waals surface area contributed by atoms with E-state index in [1.165, 1.54) is 11.3 Å². The van der Waals surface area contributed by atoms with Crippen molar-refractivity contribution < 1.29 is 4.74 Å². The molecular weight excluding hydrogens is 284 g/mol. The Labute approximate surface area is 125 Å². The minimum absolute atomic E-state index is 0.184. The summed E-state index contributed by atoms with van der Waals surface area (Å²) in [6, 6.07) is 7.62. The van der Waals surface area contributed by atoms with E-state index >= 15 is 0 Å². The van der Waals surface area contributed by atoms with Gasteiger partial charge in [-0.05, 0) is 48.6 Å². The number of nitrogens with zero attached hydrogens (tertiary/aromatic N) is 3. The Balaban J connectivity index is 2.11. The van der Waals surface area contributed by atoms with Gasteiger partial charge in [-0.3, -0.25) is 0 Å². The zero-order valence-corrected chi connectivity index (χ0v) is 12.4. The van der Waals surface area contributed by atoms with Gasteiger partial charge in [0.15, 0.2) is 0 Å². The number of nitrogen functional groups attached to an aromatic ring is 1. The number of hydrogen-bond acceptors (Lipinski definition) is 6. The number of aryl methyl sites for hydroxylation is 2. The summed E-state index contributed by atoms with van der Waals surface area (Å²) in [5.41, 5.74) is 8.10. The van der Waals surface area contributed by atoms with Gasteiger partial charge < -0.3 is 10.5 Å². The van der Waals surface area contributed by atoms with Crippen LogP contribution in [0.1, 0.15) is 16.7 Å². The van der Waals surface area contributed by atoms with E-state index < -0.39 is 0 Å². The van der Waals surface area contributed by atoms with Gasteiger partial charge in [-0.1, -0.05) is 0 Å².